The van der Waals surface area contributed by atoms with E-state index in [1.165, 1.54) is 6.08 Å². The fourth-order valence-corrected chi connectivity index (χ4v) is 6.33. The highest BCUT2D eigenvalue weighted by atomic mass is 19.1. The summed E-state index contributed by atoms with van der Waals surface area (Å²) >= 11 is 0. The van der Waals surface area contributed by atoms with Gasteiger partial charge in [-0.3, -0.25) is 9.59 Å². The Labute approximate surface area is 147 Å². The summed E-state index contributed by atoms with van der Waals surface area (Å²) in [7, 11) is 0. The third kappa shape index (κ3) is 1.89. The molecule has 4 rings (SSSR count). The van der Waals surface area contributed by atoms with Crippen molar-refractivity contribution in [3.8, 4) is 0 Å². The quantitative estimate of drug-likeness (QED) is 0.792. The molecule has 0 radical (unpaired) electrons. The number of fused-ring (bicyclic) bond motifs is 5. The minimum atomic E-state index is -1.81. The van der Waals surface area contributed by atoms with E-state index in [4.69, 9.17) is 0 Å². The number of aliphatic hydroxyl groups excluding tert-OH is 1. The van der Waals surface area contributed by atoms with E-state index in [1.807, 2.05) is 19.9 Å². The van der Waals surface area contributed by atoms with Crippen LogP contribution in [0.25, 0.3) is 0 Å². The Morgan fingerprint density at radius 2 is 2.04 bits per heavy atom. The Hall–Kier alpha value is -1.55. The number of halogens is 1. The number of allylic oxidation sites excluding steroid dienone is 6. The molecular formula is C21H25FO3. The van der Waals surface area contributed by atoms with Crippen molar-refractivity contribution >= 4 is 11.6 Å². The first-order chi connectivity index (χ1) is 11.6. The topological polar surface area (TPSA) is 54.4 Å². The minimum Gasteiger partial charge on any atom is -0.390 e. The van der Waals surface area contributed by atoms with E-state index < -0.39 is 22.6 Å². The lowest BCUT2D eigenvalue weighted by Crippen LogP contribution is -2.66. The van der Waals surface area contributed by atoms with Crippen LogP contribution in [0.15, 0.2) is 35.5 Å². The van der Waals surface area contributed by atoms with Gasteiger partial charge < -0.3 is 5.11 Å². The number of carbonyl (C=O) groups excluding carboxylic acids is 2. The maximum Gasteiger partial charge on any atom is 0.178 e. The number of aliphatic hydroxyl groups is 1. The van der Waals surface area contributed by atoms with Crippen LogP contribution in [-0.4, -0.2) is 28.4 Å². The maximum atomic E-state index is 16.6. The fraction of sp³-hybridized carbons (Fsp3) is 0.619. The third-order valence-electron chi connectivity index (χ3n) is 7.60. The van der Waals surface area contributed by atoms with Crippen molar-refractivity contribution in [2.45, 2.75) is 58.2 Å². The highest BCUT2D eigenvalue weighted by Gasteiger charge is 2.69. The molecule has 1 N–H and O–H groups in total. The molecule has 0 aromatic heterocycles. The molecule has 134 valence electrons. The van der Waals surface area contributed by atoms with E-state index in [-0.39, 0.29) is 29.8 Å². The van der Waals surface area contributed by atoms with Gasteiger partial charge in [-0.2, -0.15) is 0 Å². The average molecular weight is 344 g/mol. The lowest BCUT2D eigenvalue weighted by molar-refractivity contribution is -0.185. The second-order valence-electron chi connectivity index (χ2n) is 8.67. The van der Waals surface area contributed by atoms with Gasteiger partial charge in [0.05, 0.1) is 6.10 Å². The predicted octanol–water partition coefficient (Wildman–Crippen LogP) is 3.48. The van der Waals surface area contributed by atoms with E-state index in [0.29, 0.717) is 19.3 Å². The zero-order valence-electron chi connectivity index (χ0n) is 15.0. The molecule has 0 unspecified atom stereocenters. The number of ketones is 2. The Bertz CT molecular complexity index is 763. The zero-order chi connectivity index (χ0) is 18.2. The van der Waals surface area contributed by atoms with Crippen molar-refractivity contribution in [3.05, 3.63) is 35.5 Å². The molecule has 0 bridgehead atoms. The van der Waals surface area contributed by atoms with Gasteiger partial charge in [-0.25, -0.2) is 4.39 Å². The van der Waals surface area contributed by atoms with Gasteiger partial charge in [-0.1, -0.05) is 24.6 Å². The fourth-order valence-electron chi connectivity index (χ4n) is 6.33. The molecule has 0 spiro atoms. The van der Waals surface area contributed by atoms with E-state index in [1.54, 1.807) is 19.1 Å². The molecule has 2 fully saturated rings. The average Bonchev–Trinajstić information content (AvgIpc) is 2.87. The van der Waals surface area contributed by atoms with Crippen molar-refractivity contribution in [2.24, 2.45) is 22.7 Å². The van der Waals surface area contributed by atoms with Crippen molar-refractivity contribution < 1.29 is 19.1 Å². The number of carbonyl (C=O) groups is 2. The van der Waals surface area contributed by atoms with Gasteiger partial charge in [0.2, 0.25) is 0 Å². The van der Waals surface area contributed by atoms with Crippen LogP contribution < -0.4 is 0 Å². The molecule has 0 amide bonds. The number of hydrogen-bond donors (Lipinski definition) is 1. The monoisotopic (exact) mass is 344 g/mol. The Balaban J connectivity index is 1.81. The number of hydrogen-bond acceptors (Lipinski definition) is 3. The molecule has 4 aliphatic rings. The van der Waals surface area contributed by atoms with E-state index in [0.717, 1.165) is 11.1 Å². The summed E-state index contributed by atoms with van der Waals surface area (Å²) in [6, 6.07) is 0. The molecule has 4 heteroatoms. The molecule has 4 aliphatic carbocycles. The first-order valence-electron chi connectivity index (χ1n) is 9.17. The Morgan fingerprint density at radius 3 is 2.72 bits per heavy atom. The van der Waals surface area contributed by atoms with Crippen molar-refractivity contribution in [3.63, 3.8) is 0 Å². The van der Waals surface area contributed by atoms with Crippen LogP contribution in [0.2, 0.25) is 0 Å². The second-order valence-corrected chi connectivity index (χ2v) is 8.67. The van der Waals surface area contributed by atoms with E-state index >= 15 is 4.39 Å². The maximum absolute atomic E-state index is 16.6. The van der Waals surface area contributed by atoms with Crippen molar-refractivity contribution in [2.75, 3.05) is 0 Å². The first-order valence-corrected chi connectivity index (χ1v) is 9.17. The van der Waals surface area contributed by atoms with Gasteiger partial charge in [-0.15, -0.1) is 0 Å². The highest BCUT2D eigenvalue weighted by molar-refractivity contribution is 6.01. The van der Waals surface area contributed by atoms with Crippen molar-refractivity contribution in [1.29, 1.82) is 0 Å². The zero-order valence-corrected chi connectivity index (χ0v) is 15.0. The number of alkyl halides is 1. The summed E-state index contributed by atoms with van der Waals surface area (Å²) in [5.74, 6) is -0.390. The molecule has 6 atom stereocenters. The third-order valence-corrected chi connectivity index (χ3v) is 7.60. The molecule has 3 nitrogen and oxygen atoms in total. The van der Waals surface area contributed by atoms with Crippen molar-refractivity contribution in [1.82, 2.24) is 0 Å². The normalized spacial score (nSPS) is 48.2. The summed E-state index contributed by atoms with van der Waals surface area (Å²) in [6.07, 6.45) is 7.65. The summed E-state index contributed by atoms with van der Waals surface area (Å²) in [5.41, 5.74) is -1.68. The predicted molar refractivity (Wildman–Crippen MR) is 92.5 cm³/mol. The Kier molecular flexibility index (Phi) is 3.38. The highest BCUT2D eigenvalue weighted by Crippen LogP contribution is 2.67. The lowest BCUT2D eigenvalue weighted by atomic mass is 9.45. The number of Topliss-reactive ketones (excluding diaryl/α,β-unsaturated/α-hetero) is 1. The molecule has 0 aromatic carbocycles. The van der Waals surface area contributed by atoms with Crippen LogP contribution in [0.4, 0.5) is 4.39 Å². The van der Waals surface area contributed by atoms with Crippen LogP contribution in [0.1, 0.15) is 46.5 Å². The van der Waals surface area contributed by atoms with Crippen LogP contribution in [0.3, 0.4) is 0 Å². The van der Waals surface area contributed by atoms with Gasteiger partial charge >= 0.3 is 0 Å². The SMILES string of the molecule is CC(=O)C1=CC[C@H]2[C@@H]3CCC4=CC(=O)C=C[C@]4(C)[C@@]3(F)[C@@H](O)C[C@@]12C. The molecular weight excluding hydrogens is 319 g/mol. The molecule has 0 aromatic rings. The standard InChI is InChI=1S/C21H25FO3/c1-12(23)15-6-7-16-17-5-4-13-10-14(24)8-9-20(13,3)21(17,22)18(25)11-19(15,16)2/h6,8-10,16-18,25H,4-5,7,11H2,1-3H3/t16-,17-,18-,19-,20-,21-/m0/s1. The van der Waals surface area contributed by atoms with Crippen LogP contribution in [0, 0.1) is 22.7 Å². The molecule has 0 heterocycles. The van der Waals surface area contributed by atoms with Crippen LogP contribution in [0.5, 0.6) is 0 Å². The van der Waals surface area contributed by atoms with Gasteiger partial charge in [-0.05, 0) is 63.2 Å². The van der Waals surface area contributed by atoms with Gasteiger partial charge in [0.15, 0.2) is 17.2 Å². The van der Waals surface area contributed by atoms with Crippen LogP contribution in [-0.2, 0) is 9.59 Å². The molecule has 2 saturated carbocycles. The molecule has 25 heavy (non-hydrogen) atoms. The Morgan fingerprint density at radius 1 is 1.32 bits per heavy atom. The van der Waals surface area contributed by atoms with Gasteiger partial charge in [0, 0.05) is 16.7 Å². The van der Waals surface area contributed by atoms with Gasteiger partial charge in [0.25, 0.3) is 0 Å². The summed E-state index contributed by atoms with van der Waals surface area (Å²) in [4.78, 5) is 23.8. The molecule has 0 aliphatic heterocycles. The molecule has 0 saturated heterocycles. The number of rotatable bonds is 1. The first kappa shape index (κ1) is 16.9. The summed E-state index contributed by atoms with van der Waals surface area (Å²) < 4.78 is 16.6. The smallest absolute Gasteiger partial charge is 0.178 e. The van der Waals surface area contributed by atoms with Gasteiger partial charge in [0.1, 0.15) is 0 Å². The van der Waals surface area contributed by atoms with Crippen LogP contribution >= 0.6 is 0 Å². The lowest BCUT2D eigenvalue weighted by Gasteiger charge is -2.61. The van der Waals surface area contributed by atoms with E-state index in [9.17, 15) is 14.7 Å². The minimum absolute atomic E-state index is 0.0178. The summed E-state index contributed by atoms with van der Waals surface area (Å²) in [6.45, 7) is 5.38. The second kappa shape index (κ2) is 5.00. The largest absolute Gasteiger partial charge is 0.390 e. The van der Waals surface area contributed by atoms with E-state index in [2.05, 4.69) is 0 Å². The summed E-state index contributed by atoms with van der Waals surface area (Å²) in [5, 5.41) is 11.0.